The molecule has 1 aliphatic heterocycles. The van der Waals surface area contributed by atoms with Gasteiger partial charge in [0.2, 0.25) is 5.88 Å². The van der Waals surface area contributed by atoms with Crippen LogP contribution in [0.25, 0.3) is 11.3 Å². The maximum atomic E-state index is 13.1. The van der Waals surface area contributed by atoms with Gasteiger partial charge in [-0.3, -0.25) is 4.79 Å². The number of amides is 1. The maximum Gasteiger partial charge on any atom is 0.261 e. The van der Waals surface area contributed by atoms with Crippen molar-refractivity contribution < 1.29 is 13.7 Å². The van der Waals surface area contributed by atoms with Crippen LogP contribution in [0, 0.1) is 5.82 Å². The minimum absolute atomic E-state index is 0.0270. The van der Waals surface area contributed by atoms with E-state index in [9.17, 15) is 9.18 Å². The minimum Gasteiger partial charge on any atom is -0.368 e. The SMILES string of the molecule is Nc1onc(-c2ccccc2Cl)c1C(=O)N1CCN(c2ccc(F)cc2)CC1. The van der Waals surface area contributed by atoms with Gasteiger partial charge in [0, 0.05) is 37.4 Å². The molecule has 0 unspecified atom stereocenters. The van der Waals surface area contributed by atoms with Crippen LogP contribution in [-0.4, -0.2) is 42.1 Å². The lowest BCUT2D eigenvalue weighted by Crippen LogP contribution is -2.49. The summed E-state index contributed by atoms with van der Waals surface area (Å²) < 4.78 is 18.2. The summed E-state index contributed by atoms with van der Waals surface area (Å²) in [7, 11) is 0. The summed E-state index contributed by atoms with van der Waals surface area (Å²) in [6, 6.07) is 13.4. The van der Waals surface area contributed by atoms with Gasteiger partial charge < -0.3 is 20.1 Å². The van der Waals surface area contributed by atoms with Crippen molar-refractivity contribution in [3.63, 3.8) is 0 Å². The smallest absolute Gasteiger partial charge is 0.261 e. The Hall–Kier alpha value is -3.06. The molecule has 0 spiro atoms. The lowest BCUT2D eigenvalue weighted by Gasteiger charge is -2.36. The van der Waals surface area contributed by atoms with Gasteiger partial charge in [0.05, 0.1) is 5.02 Å². The molecule has 144 valence electrons. The normalized spacial score (nSPS) is 14.4. The summed E-state index contributed by atoms with van der Waals surface area (Å²) >= 11 is 6.25. The Morgan fingerprint density at radius 1 is 1.07 bits per heavy atom. The van der Waals surface area contributed by atoms with E-state index in [1.807, 2.05) is 6.07 Å². The highest BCUT2D eigenvalue weighted by Crippen LogP contribution is 2.33. The zero-order chi connectivity index (χ0) is 19.7. The summed E-state index contributed by atoms with van der Waals surface area (Å²) in [4.78, 5) is 16.9. The van der Waals surface area contributed by atoms with Gasteiger partial charge in [-0.25, -0.2) is 4.39 Å². The molecule has 2 N–H and O–H groups in total. The van der Waals surface area contributed by atoms with Crippen molar-refractivity contribution in [1.29, 1.82) is 0 Å². The number of aromatic nitrogens is 1. The molecular weight excluding hydrogens is 383 g/mol. The predicted octanol–water partition coefficient (Wildman–Crippen LogP) is 3.68. The van der Waals surface area contributed by atoms with Gasteiger partial charge in [-0.1, -0.05) is 35.0 Å². The topological polar surface area (TPSA) is 75.6 Å². The van der Waals surface area contributed by atoms with E-state index in [1.54, 1.807) is 35.2 Å². The van der Waals surface area contributed by atoms with Crippen LogP contribution in [0.1, 0.15) is 10.4 Å². The highest BCUT2D eigenvalue weighted by molar-refractivity contribution is 6.33. The molecule has 1 saturated heterocycles. The number of halogens is 2. The van der Waals surface area contributed by atoms with Crippen LogP contribution in [0.15, 0.2) is 53.1 Å². The number of nitrogens with two attached hydrogens (primary N) is 1. The lowest BCUT2D eigenvalue weighted by molar-refractivity contribution is 0.0748. The average Bonchev–Trinajstić information content (AvgIpc) is 3.10. The second-order valence-corrected chi connectivity index (χ2v) is 6.91. The Bertz CT molecular complexity index is 998. The first-order chi connectivity index (χ1) is 13.5. The van der Waals surface area contributed by atoms with E-state index < -0.39 is 0 Å². The van der Waals surface area contributed by atoms with E-state index >= 15 is 0 Å². The maximum absolute atomic E-state index is 13.1. The molecule has 0 aliphatic carbocycles. The number of carbonyl (C=O) groups excluding carboxylic acids is 1. The zero-order valence-corrected chi connectivity index (χ0v) is 15.7. The Morgan fingerprint density at radius 2 is 1.75 bits per heavy atom. The van der Waals surface area contributed by atoms with E-state index in [-0.39, 0.29) is 23.2 Å². The molecule has 2 aromatic carbocycles. The second kappa shape index (κ2) is 7.52. The van der Waals surface area contributed by atoms with E-state index in [2.05, 4.69) is 10.1 Å². The highest BCUT2D eigenvalue weighted by Gasteiger charge is 2.30. The van der Waals surface area contributed by atoms with Gasteiger partial charge in [-0.05, 0) is 30.3 Å². The Morgan fingerprint density at radius 3 is 2.43 bits per heavy atom. The number of nitrogens with zero attached hydrogens (tertiary/aromatic N) is 3. The van der Waals surface area contributed by atoms with Gasteiger partial charge in [0.25, 0.3) is 5.91 Å². The Balaban J connectivity index is 1.53. The number of benzene rings is 2. The number of carbonyl (C=O) groups is 1. The number of piperazine rings is 1. The van der Waals surface area contributed by atoms with Crippen LogP contribution in [0.2, 0.25) is 5.02 Å². The molecule has 28 heavy (non-hydrogen) atoms. The van der Waals surface area contributed by atoms with Gasteiger partial charge in [-0.15, -0.1) is 0 Å². The first-order valence-corrected chi connectivity index (χ1v) is 9.22. The number of nitrogen functional groups attached to an aromatic ring is 1. The monoisotopic (exact) mass is 400 g/mol. The minimum atomic E-state index is -0.271. The molecule has 0 saturated carbocycles. The summed E-state index contributed by atoms with van der Waals surface area (Å²) in [5, 5.41) is 4.42. The van der Waals surface area contributed by atoms with Crippen molar-refractivity contribution in [2.45, 2.75) is 0 Å². The molecule has 1 aromatic heterocycles. The molecule has 1 amide bonds. The number of rotatable bonds is 3. The fourth-order valence-electron chi connectivity index (χ4n) is 3.32. The summed E-state index contributed by atoms with van der Waals surface area (Å²) in [5.74, 6) is -0.541. The van der Waals surface area contributed by atoms with Crippen molar-refractivity contribution >= 4 is 29.1 Å². The largest absolute Gasteiger partial charge is 0.368 e. The summed E-state index contributed by atoms with van der Waals surface area (Å²) in [6.07, 6.45) is 0. The van der Waals surface area contributed by atoms with E-state index in [1.165, 1.54) is 12.1 Å². The molecule has 1 aliphatic rings. The molecule has 4 rings (SSSR count). The van der Waals surface area contributed by atoms with Crippen molar-refractivity contribution in [2.24, 2.45) is 0 Å². The van der Waals surface area contributed by atoms with Crippen molar-refractivity contribution in [3.05, 3.63) is 64.9 Å². The highest BCUT2D eigenvalue weighted by atomic mass is 35.5. The molecule has 8 heteroatoms. The second-order valence-electron chi connectivity index (χ2n) is 6.51. The van der Waals surface area contributed by atoms with Crippen LogP contribution >= 0.6 is 11.6 Å². The van der Waals surface area contributed by atoms with Crippen molar-refractivity contribution in [1.82, 2.24) is 10.1 Å². The van der Waals surface area contributed by atoms with Gasteiger partial charge in [0.15, 0.2) is 0 Å². The van der Waals surface area contributed by atoms with Crippen LogP contribution in [0.4, 0.5) is 16.0 Å². The van der Waals surface area contributed by atoms with Crippen LogP contribution in [0.5, 0.6) is 0 Å². The van der Waals surface area contributed by atoms with Gasteiger partial charge >= 0.3 is 0 Å². The predicted molar refractivity (Wildman–Crippen MR) is 106 cm³/mol. The number of hydrogen-bond donors (Lipinski definition) is 1. The number of hydrogen-bond acceptors (Lipinski definition) is 5. The van der Waals surface area contributed by atoms with E-state index in [0.29, 0.717) is 42.5 Å². The molecule has 0 bridgehead atoms. The van der Waals surface area contributed by atoms with Crippen LogP contribution < -0.4 is 10.6 Å². The quantitative estimate of drug-likeness (QED) is 0.725. The fourth-order valence-corrected chi connectivity index (χ4v) is 3.55. The molecule has 3 aromatic rings. The average molecular weight is 401 g/mol. The third-order valence-corrected chi connectivity index (χ3v) is 5.15. The lowest BCUT2D eigenvalue weighted by atomic mass is 10.1. The third kappa shape index (κ3) is 3.41. The summed E-state index contributed by atoms with van der Waals surface area (Å²) in [5.41, 5.74) is 7.99. The molecule has 0 radical (unpaired) electrons. The van der Waals surface area contributed by atoms with Crippen molar-refractivity contribution in [2.75, 3.05) is 36.8 Å². The molecule has 2 heterocycles. The van der Waals surface area contributed by atoms with E-state index in [4.69, 9.17) is 21.9 Å². The zero-order valence-electron chi connectivity index (χ0n) is 14.9. The Labute approximate surface area is 166 Å². The molecule has 1 fully saturated rings. The fraction of sp³-hybridized carbons (Fsp3) is 0.200. The van der Waals surface area contributed by atoms with Gasteiger partial charge in [0.1, 0.15) is 17.1 Å². The first kappa shape index (κ1) is 18.3. The van der Waals surface area contributed by atoms with E-state index in [0.717, 1.165) is 5.69 Å². The van der Waals surface area contributed by atoms with Gasteiger partial charge in [-0.2, -0.15) is 0 Å². The molecule has 6 nitrogen and oxygen atoms in total. The van der Waals surface area contributed by atoms with Crippen LogP contribution in [-0.2, 0) is 0 Å². The Kier molecular flexibility index (Phi) is 4.92. The summed E-state index contributed by atoms with van der Waals surface area (Å²) in [6.45, 7) is 2.26. The first-order valence-electron chi connectivity index (χ1n) is 8.84. The standard InChI is InChI=1S/C20H18ClFN4O2/c21-16-4-2-1-3-15(16)18-17(19(23)28-24-18)20(27)26-11-9-25(10-12-26)14-7-5-13(22)6-8-14/h1-8H,9-12,23H2. The number of anilines is 2. The molecular formula is C20H18ClFN4O2. The van der Waals surface area contributed by atoms with Crippen LogP contribution in [0.3, 0.4) is 0 Å². The third-order valence-electron chi connectivity index (χ3n) is 4.82. The molecule has 0 atom stereocenters. The van der Waals surface area contributed by atoms with Crippen molar-refractivity contribution in [3.8, 4) is 11.3 Å².